The van der Waals surface area contributed by atoms with Gasteiger partial charge in [0, 0.05) is 11.4 Å². The van der Waals surface area contributed by atoms with E-state index in [0.29, 0.717) is 24.9 Å². The summed E-state index contributed by atoms with van der Waals surface area (Å²) in [7, 11) is 1.93. The van der Waals surface area contributed by atoms with Crippen molar-refractivity contribution in [1.29, 1.82) is 0 Å². The van der Waals surface area contributed by atoms with Crippen LogP contribution in [0.5, 0.6) is 11.5 Å². The van der Waals surface area contributed by atoms with Gasteiger partial charge in [-0.05, 0) is 45.5 Å². The molecule has 1 aromatic carbocycles. The minimum atomic E-state index is -0.280. The number of rotatable bonds is 5. The van der Waals surface area contributed by atoms with Gasteiger partial charge in [-0.3, -0.25) is 9.69 Å². The highest BCUT2D eigenvalue weighted by Gasteiger charge is 2.20. The van der Waals surface area contributed by atoms with Crippen molar-refractivity contribution in [1.82, 2.24) is 9.88 Å². The number of hydrogen-bond donors (Lipinski definition) is 1. The van der Waals surface area contributed by atoms with Crippen LogP contribution in [0.3, 0.4) is 0 Å². The fourth-order valence-corrected chi connectivity index (χ4v) is 3.36. The molecule has 0 saturated carbocycles. The minimum Gasteiger partial charge on any atom is -0.486 e. The van der Waals surface area contributed by atoms with Gasteiger partial charge in [-0.1, -0.05) is 6.07 Å². The minimum absolute atomic E-state index is 0.0613. The van der Waals surface area contributed by atoms with Crippen LogP contribution < -0.4 is 14.8 Å². The van der Waals surface area contributed by atoms with Crippen molar-refractivity contribution in [2.24, 2.45) is 0 Å². The number of carbonyl (C=O) groups excluding carboxylic acids is 1. The van der Waals surface area contributed by atoms with Crippen LogP contribution in [-0.4, -0.2) is 42.1 Å². The van der Waals surface area contributed by atoms with E-state index in [4.69, 9.17) is 9.47 Å². The van der Waals surface area contributed by atoms with Gasteiger partial charge in [0.2, 0.25) is 5.91 Å². The second kappa shape index (κ2) is 7.41. The summed E-state index contributed by atoms with van der Waals surface area (Å²) in [4.78, 5) is 19.9. The van der Waals surface area contributed by atoms with E-state index in [1.807, 2.05) is 50.9 Å². The molecule has 134 valence electrons. The summed E-state index contributed by atoms with van der Waals surface area (Å²) >= 11 is 1.50. The lowest BCUT2D eigenvalue weighted by molar-refractivity contribution is -0.120. The molecule has 6 nitrogen and oxygen atoms in total. The molecule has 1 atom stereocenters. The number of aryl methyl sites for hydroxylation is 2. The summed E-state index contributed by atoms with van der Waals surface area (Å²) in [6.07, 6.45) is 0. The number of nitrogens with zero attached hydrogens (tertiary/aromatic N) is 2. The molecule has 2 aromatic rings. The molecule has 0 radical (unpaired) electrons. The Kier molecular flexibility index (Phi) is 5.24. The van der Waals surface area contributed by atoms with Crippen LogP contribution >= 0.6 is 11.3 Å². The van der Waals surface area contributed by atoms with Crippen molar-refractivity contribution >= 4 is 22.4 Å². The lowest BCUT2D eigenvalue weighted by atomic mass is 10.1. The van der Waals surface area contributed by atoms with Crippen molar-refractivity contribution in [3.8, 4) is 11.5 Å². The van der Waals surface area contributed by atoms with E-state index in [0.717, 1.165) is 27.6 Å². The maximum atomic E-state index is 12.5. The number of ether oxygens (including phenoxy) is 2. The Morgan fingerprint density at radius 2 is 2.04 bits per heavy atom. The Morgan fingerprint density at radius 1 is 1.32 bits per heavy atom. The van der Waals surface area contributed by atoms with Crippen molar-refractivity contribution in [3.63, 3.8) is 0 Å². The number of likely N-dealkylation sites (N-methyl/N-ethyl adjacent to an activating group) is 1. The standard InChI is InChI=1S/C18H23N3O3S/c1-11-13(3)25-18(19-11)20-17(22)12(2)21(4)10-14-5-6-15-16(9-14)24-8-7-23-15/h5-6,9,12H,7-8,10H2,1-4H3,(H,19,20,22). The third kappa shape index (κ3) is 4.11. The van der Waals surface area contributed by atoms with E-state index in [-0.39, 0.29) is 11.9 Å². The molecule has 7 heteroatoms. The number of thiazole rings is 1. The Bertz CT molecular complexity index is 755. The van der Waals surface area contributed by atoms with Gasteiger partial charge in [0.15, 0.2) is 16.6 Å². The van der Waals surface area contributed by atoms with Gasteiger partial charge in [0.25, 0.3) is 0 Å². The molecule has 1 unspecified atom stereocenters. The van der Waals surface area contributed by atoms with Gasteiger partial charge in [-0.15, -0.1) is 11.3 Å². The molecular formula is C18H23N3O3S. The van der Waals surface area contributed by atoms with E-state index in [1.165, 1.54) is 11.3 Å². The zero-order valence-corrected chi connectivity index (χ0v) is 15.8. The Balaban J connectivity index is 1.61. The van der Waals surface area contributed by atoms with Gasteiger partial charge >= 0.3 is 0 Å². The normalized spacial score (nSPS) is 14.4. The predicted molar refractivity (Wildman–Crippen MR) is 98.6 cm³/mol. The quantitative estimate of drug-likeness (QED) is 0.887. The van der Waals surface area contributed by atoms with Gasteiger partial charge in [-0.2, -0.15) is 0 Å². The number of fused-ring (bicyclic) bond motifs is 1. The van der Waals surface area contributed by atoms with Crippen LogP contribution in [0, 0.1) is 13.8 Å². The Morgan fingerprint density at radius 3 is 2.72 bits per heavy atom. The first-order valence-corrected chi connectivity index (χ1v) is 9.09. The number of nitrogens with one attached hydrogen (secondary N) is 1. The average molecular weight is 361 g/mol. The number of anilines is 1. The molecule has 0 spiro atoms. The second-order valence-electron chi connectivity index (χ2n) is 6.22. The van der Waals surface area contributed by atoms with Crippen LogP contribution in [0.15, 0.2) is 18.2 Å². The third-order valence-electron chi connectivity index (χ3n) is 4.34. The van der Waals surface area contributed by atoms with Gasteiger partial charge < -0.3 is 14.8 Å². The molecule has 1 amide bonds. The molecule has 1 aromatic heterocycles. The summed E-state index contributed by atoms with van der Waals surface area (Å²) in [6.45, 7) is 7.62. The van der Waals surface area contributed by atoms with Crippen molar-refractivity contribution in [2.45, 2.75) is 33.4 Å². The molecule has 0 aliphatic carbocycles. The highest BCUT2D eigenvalue weighted by atomic mass is 32.1. The topological polar surface area (TPSA) is 63.7 Å². The van der Waals surface area contributed by atoms with Crippen molar-refractivity contribution in [2.75, 3.05) is 25.6 Å². The zero-order chi connectivity index (χ0) is 18.0. The lowest BCUT2D eigenvalue weighted by Crippen LogP contribution is -2.39. The highest BCUT2D eigenvalue weighted by molar-refractivity contribution is 7.15. The first-order chi connectivity index (χ1) is 11.9. The SMILES string of the molecule is Cc1nc(NC(=O)C(C)N(C)Cc2ccc3c(c2)OCCO3)sc1C. The molecule has 0 fully saturated rings. The lowest BCUT2D eigenvalue weighted by Gasteiger charge is -2.24. The zero-order valence-electron chi connectivity index (χ0n) is 15.0. The van der Waals surface area contributed by atoms with Crippen LogP contribution in [0.1, 0.15) is 23.1 Å². The van der Waals surface area contributed by atoms with Crippen molar-refractivity contribution < 1.29 is 14.3 Å². The predicted octanol–water partition coefficient (Wildman–Crippen LogP) is 2.99. The first kappa shape index (κ1) is 17.7. The number of carbonyl (C=O) groups is 1. The molecule has 3 rings (SSSR count). The van der Waals surface area contributed by atoms with Crippen LogP contribution in [0.2, 0.25) is 0 Å². The fraction of sp³-hybridized carbons (Fsp3) is 0.444. The average Bonchev–Trinajstić information content (AvgIpc) is 2.91. The molecule has 2 heterocycles. The number of amides is 1. The van der Waals surface area contributed by atoms with E-state index in [9.17, 15) is 4.79 Å². The number of hydrogen-bond acceptors (Lipinski definition) is 6. The molecule has 0 saturated heterocycles. The van der Waals surface area contributed by atoms with Gasteiger partial charge in [-0.25, -0.2) is 4.98 Å². The van der Waals surface area contributed by atoms with E-state index < -0.39 is 0 Å². The largest absolute Gasteiger partial charge is 0.486 e. The number of aromatic nitrogens is 1. The number of benzene rings is 1. The van der Waals surface area contributed by atoms with Gasteiger partial charge in [0.1, 0.15) is 13.2 Å². The monoisotopic (exact) mass is 361 g/mol. The molecule has 1 N–H and O–H groups in total. The van der Waals surface area contributed by atoms with Crippen LogP contribution in [0.25, 0.3) is 0 Å². The summed E-state index contributed by atoms with van der Waals surface area (Å²) in [6, 6.07) is 5.62. The third-order valence-corrected chi connectivity index (χ3v) is 5.33. The second-order valence-corrected chi connectivity index (χ2v) is 7.42. The van der Waals surface area contributed by atoms with Gasteiger partial charge in [0.05, 0.1) is 11.7 Å². The fourth-order valence-electron chi connectivity index (χ4n) is 2.55. The highest BCUT2D eigenvalue weighted by Crippen LogP contribution is 2.31. The van der Waals surface area contributed by atoms with Crippen LogP contribution in [-0.2, 0) is 11.3 Å². The first-order valence-electron chi connectivity index (χ1n) is 8.27. The smallest absolute Gasteiger partial charge is 0.243 e. The summed E-state index contributed by atoms with van der Waals surface area (Å²) in [5, 5.41) is 3.55. The molecule has 1 aliphatic rings. The Labute approximate surface area is 151 Å². The molecule has 1 aliphatic heterocycles. The van der Waals surface area contributed by atoms with Crippen molar-refractivity contribution in [3.05, 3.63) is 34.3 Å². The van der Waals surface area contributed by atoms with Crippen LogP contribution in [0.4, 0.5) is 5.13 Å². The summed E-state index contributed by atoms with van der Waals surface area (Å²) < 4.78 is 11.2. The Hall–Kier alpha value is -2.12. The van der Waals surface area contributed by atoms with E-state index in [1.54, 1.807) is 0 Å². The maximum Gasteiger partial charge on any atom is 0.243 e. The maximum absolute atomic E-state index is 12.5. The molecular weight excluding hydrogens is 338 g/mol. The molecule has 0 bridgehead atoms. The van der Waals surface area contributed by atoms with E-state index >= 15 is 0 Å². The summed E-state index contributed by atoms with van der Waals surface area (Å²) in [5.41, 5.74) is 2.03. The van der Waals surface area contributed by atoms with E-state index in [2.05, 4.69) is 10.3 Å². The summed E-state index contributed by atoms with van der Waals surface area (Å²) in [5.74, 6) is 1.48. The molecule has 25 heavy (non-hydrogen) atoms.